The lowest BCUT2D eigenvalue weighted by atomic mass is 10.2. The summed E-state index contributed by atoms with van der Waals surface area (Å²) in [4.78, 5) is 60.9. The Bertz CT molecular complexity index is 459. The van der Waals surface area contributed by atoms with Crippen molar-refractivity contribution in [1.82, 2.24) is 10.6 Å². The molecule has 12 heteroatoms. The molecule has 0 saturated heterocycles. The topological polar surface area (TPSA) is 196 Å². The average molecular weight is 311 g/mol. The van der Waals surface area contributed by atoms with Crippen LogP contribution in [0.3, 0.4) is 0 Å². The smallest absolute Gasteiger partial charge is 0.334 e. The van der Waals surface area contributed by atoms with Gasteiger partial charge in [0.15, 0.2) is 0 Å². The molecule has 3 amide bonds. The van der Waals surface area contributed by atoms with Crippen LogP contribution in [0.25, 0.3) is 0 Å². The summed E-state index contributed by atoms with van der Waals surface area (Å²) in [6.45, 7) is -0.748. The van der Waals surface area contributed by atoms with Gasteiger partial charge in [0.1, 0.15) is 18.7 Å². The van der Waals surface area contributed by atoms with Gasteiger partial charge < -0.3 is 31.3 Å². The summed E-state index contributed by atoms with van der Waals surface area (Å²) in [5.41, 5.74) is 4.85. The van der Waals surface area contributed by atoms with Gasteiger partial charge in [0.25, 0.3) is 0 Å². The van der Waals surface area contributed by atoms with Gasteiger partial charge in [0, 0.05) is 0 Å². The van der Waals surface area contributed by atoms with E-state index in [0.29, 0.717) is 0 Å². The van der Waals surface area contributed by atoms with Crippen LogP contribution in [0.5, 0.6) is 0 Å². The second-order valence-corrected chi connectivity index (χ2v) is 5.37. The Morgan fingerprint density at radius 3 is 2.15 bits per heavy atom. The highest BCUT2D eigenvalue weighted by atomic mass is 31.2. The minimum atomic E-state index is -4.63. The van der Waals surface area contributed by atoms with Gasteiger partial charge in [-0.1, -0.05) is 0 Å². The molecule has 0 aliphatic rings. The molecule has 1 atom stereocenters. The molecular weight excluding hydrogens is 297 g/mol. The maximum Gasteiger partial charge on any atom is 0.334 e. The molecule has 0 aliphatic heterocycles. The van der Waals surface area contributed by atoms with Gasteiger partial charge in [-0.15, -0.1) is 0 Å². The van der Waals surface area contributed by atoms with E-state index in [1.54, 1.807) is 0 Å². The highest BCUT2D eigenvalue weighted by Crippen LogP contribution is 2.33. The van der Waals surface area contributed by atoms with Gasteiger partial charge >= 0.3 is 13.6 Å². The molecule has 0 aromatic heterocycles. The van der Waals surface area contributed by atoms with Crippen molar-refractivity contribution in [2.45, 2.75) is 12.5 Å². The number of carbonyl (C=O) groups is 4. The second kappa shape index (κ2) is 7.58. The number of carbonyl (C=O) groups excluding carboxylic acids is 3. The van der Waals surface area contributed by atoms with Crippen molar-refractivity contribution in [1.29, 1.82) is 0 Å². The van der Waals surface area contributed by atoms with Crippen molar-refractivity contribution in [2.75, 3.05) is 12.7 Å². The first kappa shape index (κ1) is 18.0. The standard InChI is InChI=1S/C8H14N3O8P/c9-5(12)1-4(8(16)10-2-7(14)15)11-6(13)3-20(17,18)19/h4H,1-3H2,(H2,9,12)(H,10,16)(H,11,13)(H,14,15)(H2,17,18,19)/t4-/m0/s1. The summed E-state index contributed by atoms with van der Waals surface area (Å²) in [7, 11) is -4.63. The number of hydrogen-bond donors (Lipinski definition) is 6. The normalized spacial score (nSPS) is 12.3. The Balaban J connectivity index is 4.67. The molecule has 0 unspecified atom stereocenters. The van der Waals surface area contributed by atoms with Crippen molar-refractivity contribution in [2.24, 2.45) is 5.73 Å². The van der Waals surface area contributed by atoms with E-state index in [-0.39, 0.29) is 0 Å². The first-order valence-corrected chi connectivity index (χ1v) is 6.92. The first-order chi connectivity index (χ1) is 9.01. The molecule has 20 heavy (non-hydrogen) atoms. The summed E-state index contributed by atoms with van der Waals surface area (Å²) in [5.74, 6) is -4.49. The van der Waals surface area contributed by atoms with E-state index in [2.05, 4.69) is 0 Å². The van der Waals surface area contributed by atoms with Crippen molar-refractivity contribution in [3.05, 3.63) is 0 Å². The van der Waals surface area contributed by atoms with Crippen LogP contribution in [-0.4, -0.2) is 57.3 Å². The molecule has 0 heterocycles. The number of nitrogens with one attached hydrogen (secondary N) is 2. The lowest BCUT2D eigenvalue weighted by Crippen LogP contribution is -2.50. The van der Waals surface area contributed by atoms with Crippen LogP contribution < -0.4 is 16.4 Å². The monoisotopic (exact) mass is 311 g/mol. The maximum absolute atomic E-state index is 11.5. The van der Waals surface area contributed by atoms with Crippen molar-refractivity contribution in [3.8, 4) is 0 Å². The number of primary amides is 1. The van der Waals surface area contributed by atoms with Gasteiger partial charge in [0.2, 0.25) is 17.7 Å². The van der Waals surface area contributed by atoms with E-state index < -0.39 is 56.5 Å². The first-order valence-electron chi connectivity index (χ1n) is 5.13. The maximum atomic E-state index is 11.5. The second-order valence-electron chi connectivity index (χ2n) is 3.72. The molecule has 11 nitrogen and oxygen atoms in total. The zero-order valence-electron chi connectivity index (χ0n) is 10.1. The Morgan fingerprint density at radius 2 is 1.75 bits per heavy atom. The molecule has 0 spiro atoms. The lowest BCUT2D eigenvalue weighted by molar-refractivity contribution is -0.138. The van der Waals surface area contributed by atoms with Crippen molar-refractivity contribution in [3.63, 3.8) is 0 Å². The molecular formula is C8H14N3O8P. The third-order valence-electron chi connectivity index (χ3n) is 1.82. The SMILES string of the molecule is NC(=O)C[C@H](NC(=O)CP(=O)(O)O)C(=O)NCC(=O)O. The molecule has 0 aliphatic carbocycles. The van der Waals surface area contributed by atoms with E-state index >= 15 is 0 Å². The number of amides is 3. The predicted molar refractivity (Wildman–Crippen MR) is 63.3 cm³/mol. The van der Waals surface area contributed by atoms with Gasteiger partial charge in [0.05, 0.1) is 6.42 Å². The lowest BCUT2D eigenvalue weighted by Gasteiger charge is -2.16. The number of nitrogens with two attached hydrogens (primary N) is 1. The van der Waals surface area contributed by atoms with Crippen molar-refractivity contribution < 1.29 is 38.6 Å². The third kappa shape index (κ3) is 9.03. The van der Waals surface area contributed by atoms with E-state index in [1.807, 2.05) is 10.6 Å². The molecule has 0 saturated carbocycles. The largest absolute Gasteiger partial charge is 0.480 e. The number of aliphatic carboxylic acids is 1. The van der Waals surface area contributed by atoms with Gasteiger partial charge in [-0.25, -0.2) is 0 Å². The summed E-state index contributed by atoms with van der Waals surface area (Å²) >= 11 is 0. The minimum absolute atomic E-state index is 0.641. The predicted octanol–water partition coefficient (Wildman–Crippen LogP) is -3.27. The summed E-state index contributed by atoms with van der Waals surface area (Å²) in [6.07, 6.45) is -1.81. The number of hydrogen-bond acceptors (Lipinski definition) is 5. The Hall–Kier alpha value is -1.97. The van der Waals surface area contributed by atoms with Crippen LogP contribution >= 0.6 is 7.60 Å². The average Bonchev–Trinajstić information content (AvgIpc) is 2.21. The zero-order valence-corrected chi connectivity index (χ0v) is 11.0. The van der Waals surface area contributed by atoms with Crippen LogP contribution in [0.2, 0.25) is 0 Å². The highest BCUT2D eigenvalue weighted by molar-refractivity contribution is 7.52. The van der Waals surface area contributed by atoms with Crippen molar-refractivity contribution >= 4 is 31.3 Å². The fraction of sp³-hybridized carbons (Fsp3) is 0.500. The van der Waals surface area contributed by atoms with Crippen LogP contribution in [0.4, 0.5) is 0 Å². The minimum Gasteiger partial charge on any atom is -0.480 e. The van der Waals surface area contributed by atoms with Crippen LogP contribution in [0.15, 0.2) is 0 Å². The Labute approximate surface area is 112 Å². The van der Waals surface area contributed by atoms with Crippen LogP contribution in [0, 0.1) is 0 Å². The number of rotatable bonds is 8. The van der Waals surface area contributed by atoms with Gasteiger partial charge in [-0.05, 0) is 0 Å². The number of carboxylic acids is 1. The molecule has 0 aromatic rings. The molecule has 114 valence electrons. The molecule has 0 bridgehead atoms. The van der Waals surface area contributed by atoms with Gasteiger partial charge in [-0.2, -0.15) is 0 Å². The summed E-state index contributed by atoms with van der Waals surface area (Å²) in [5, 5.41) is 12.2. The summed E-state index contributed by atoms with van der Waals surface area (Å²) in [6, 6.07) is -1.51. The third-order valence-corrected chi connectivity index (χ3v) is 2.52. The van der Waals surface area contributed by atoms with Crippen LogP contribution in [0.1, 0.15) is 6.42 Å². The summed E-state index contributed by atoms with van der Waals surface area (Å²) < 4.78 is 10.6. The fourth-order valence-electron chi connectivity index (χ4n) is 1.12. The highest BCUT2D eigenvalue weighted by Gasteiger charge is 2.26. The molecule has 0 aromatic carbocycles. The molecule has 7 N–H and O–H groups in total. The number of carboxylic acid groups (broad SMARTS) is 1. The molecule has 0 rings (SSSR count). The van der Waals surface area contributed by atoms with Crippen LogP contribution in [-0.2, 0) is 23.7 Å². The van der Waals surface area contributed by atoms with E-state index in [0.717, 1.165) is 0 Å². The Morgan fingerprint density at radius 1 is 1.20 bits per heavy atom. The van der Waals surface area contributed by atoms with E-state index in [9.17, 15) is 23.7 Å². The quantitative estimate of drug-likeness (QED) is 0.251. The fourth-order valence-corrected chi connectivity index (χ4v) is 1.59. The van der Waals surface area contributed by atoms with E-state index in [1.165, 1.54) is 0 Å². The molecule has 0 fully saturated rings. The zero-order chi connectivity index (χ0) is 15.9. The van der Waals surface area contributed by atoms with E-state index in [4.69, 9.17) is 20.6 Å². The Kier molecular flexibility index (Phi) is 6.83. The molecule has 0 radical (unpaired) electrons. The van der Waals surface area contributed by atoms with Gasteiger partial charge in [-0.3, -0.25) is 23.7 Å².